The molecular formula is C24H28FN6O9P. The molecular weight excluding hydrogens is 566 g/mol. The van der Waals surface area contributed by atoms with E-state index in [1.54, 1.807) is 12.1 Å². The van der Waals surface area contributed by atoms with Gasteiger partial charge in [0.25, 0.3) is 5.91 Å². The Morgan fingerprint density at radius 1 is 1.07 bits per heavy atom. The van der Waals surface area contributed by atoms with E-state index in [0.29, 0.717) is 22.9 Å². The zero-order valence-corrected chi connectivity index (χ0v) is 23.8. The van der Waals surface area contributed by atoms with Crippen molar-refractivity contribution in [2.24, 2.45) is 0 Å². The second-order valence-electron chi connectivity index (χ2n) is 8.83. The molecule has 0 aliphatic carbocycles. The van der Waals surface area contributed by atoms with Crippen LogP contribution in [0.3, 0.4) is 0 Å². The topological polar surface area (TPSA) is 176 Å². The summed E-state index contributed by atoms with van der Waals surface area (Å²) in [6.07, 6.45) is 0.951. The van der Waals surface area contributed by atoms with Crippen molar-refractivity contribution >= 4 is 42.8 Å². The van der Waals surface area contributed by atoms with Crippen LogP contribution in [-0.2, 0) is 18.4 Å². The quantitative estimate of drug-likeness (QED) is 0.274. The van der Waals surface area contributed by atoms with Gasteiger partial charge >= 0.3 is 7.82 Å². The minimum atomic E-state index is -4.42. The minimum Gasteiger partial charge on any atom is -0.493 e. The van der Waals surface area contributed by atoms with Crippen LogP contribution in [0.15, 0.2) is 30.5 Å². The van der Waals surface area contributed by atoms with Gasteiger partial charge in [-0.25, -0.2) is 18.9 Å². The number of nitrogens with one attached hydrogen (secondary N) is 2. The van der Waals surface area contributed by atoms with Crippen molar-refractivity contribution in [3.05, 3.63) is 36.3 Å². The Labute approximate surface area is 234 Å². The van der Waals surface area contributed by atoms with Gasteiger partial charge < -0.3 is 34.5 Å². The highest BCUT2D eigenvalue weighted by molar-refractivity contribution is 7.47. The lowest BCUT2D eigenvalue weighted by Gasteiger charge is -2.37. The van der Waals surface area contributed by atoms with Gasteiger partial charge in [0.05, 0.1) is 27.5 Å². The first-order valence-corrected chi connectivity index (χ1v) is 13.3. The number of amides is 1. The third-order valence-corrected chi connectivity index (χ3v) is 6.62. The number of phosphoric acid groups is 1. The number of nitrogens with zero attached hydrogens (tertiary/aromatic N) is 4. The lowest BCUT2D eigenvalue weighted by molar-refractivity contribution is -0.133. The van der Waals surface area contributed by atoms with E-state index in [1.165, 1.54) is 47.3 Å². The number of methoxy groups -OCH3 is 3. The molecule has 0 saturated heterocycles. The number of phosphoric ester groups is 1. The molecule has 1 amide bonds. The second-order valence-corrected chi connectivity index (χ2v) is 10.4. The number of fused-ring (bicyclic) bond motifs is 1. The van der Waals surface area contributed by atoms with E-state index in [9.17, 15) is 18.6 Å². The van der Waals surface area contributed by atoms with E-state index in [0.717, 1.165) is 18.2 Å². The van der Waals surface area contributed by atoms with Crippen molar-refractivity contribution in [2.75, 3.05) is 50.7 Å². The molecule has 0 saturated carbocycles. The van der Waals surface area contributed by atoms with Gasteiger partial charge in [-0.05, 0) is 26.0 Å². The first-order chi connectivity index (χ1) is 19.4. The molecule has 15 nitrogen and oxygen atoms in total. The summed E-state index contributed by atoms with van der Waals surface area (Å²) in [6.45, 7) is 2.37. The van der Waals surface area contributed by atoms with E-state index in [2.05, 4.69) is 30.1 Å². The van der Waals surface area contributed by atoms with Gasteiger partial charge in [-0.1, -0.05) is 0 Å². The molecule has 0 radical (unpaired) electrons. The number of pyridine rings is 1. The molecule has 17 heteroatoms. The molecule has 41 heavy (non-hydrogen) atoms. The summed E-state index contributed by atoms with van der Waals surface area (Å²) in [4.78, 5) is 36.2. The molecule has 220 valence electrons. The van der Waals surface area contributed by atoms with Crippen LogP contribution in [0.2, 0.25) is 0 Å². The van der Waals surface area contributed by atoms with Crippen LogP contribution < -0.4 is 34.5 Å². The average molecular weight is 594 g/mol. The Balaban J connectivity index is 1.62. The van der Waals surface area contributed by atoms with Crippen LogP contribution in [0.4, 0.5) is 33.5 Å². The third kappa shape index (κ3) is 6.41. The first-order valence-electron chi connectivity index (χ1n) is 11.8. The van der Waals surface area contributed by atoms with Gasteiger partial charge in [0.15, 0.2) is 40.3 Å². The smallest absolute Gasteiger partial charge is 0.473 e. The highest BCUT2D eigenvalue weighted by Crippen LogP contribution is 2.44. The first kappa shape index (κ1) is 29.7. The summed E-state index contributed by atoms with van der Waals surface area (Å²) in [7, 11) is 0.981. The van der Waals surface area contributed by atoms with Crippen molar-refractivity contribution < 1.29 is 46.6 Å². The number of carbonyl (C=O) groups excluding carboxylic acids is 1. The molecule has 1 atom stereocenters. The zero-order chi connectivity index (χ0) is 29.9. The molecule has 3 aromatic rings. The number of hydrogen-bond acceptors (Lipinski definition) is 13. The van der Waals surface area contributed by atoms with Gasteiger partial charge in [-0.3, -0.25) is 18.7 Å². The number of hydrogen-bond donors (Lipinski definition) is 3. The molecule has 0 fully saturated rings. The Bertz CT molecular complexity index is 1480. The Hall–Kier alpha value is -4.24. The number of benzene rings is 1. The molecule has 1 aliphatic rings. The highest BCUT2D eigenvalue weighted by Gasteiger charge is 2.43. The minimum absolute atomic E-state index is 0.0229. The van der Waals surface area contributed by atoms with Gasteiger partial charge in [-0.15, -0.1) is 0 Å². The zero-order valence-electron chi connectivity index (χ0n) is 22.9. The summed E-state index contributed by atoms with van der Waals surface area (Å²) < 4.78 is 57.6. The van der Waals surface area contributed by atoms with Crippen LogP contribution in [0.5, 0.6) is 23.0 Å². The summed E-state index contributed by atoms with van der Waals surface area (Å²) >= 11 is 0. The summed E-state index contributed by atoms with van der Waals surface area (Å²) in [5.41, 5.74) is -0.860. The van der Waals surface area contributed by atoms with Gasteiger partial charge in [0.1, 0.15) is 12.5 Å². The molecule has 0 bridgehead atoms. The van der Waals surface area contributed by atoms with Gasteiger partial charge in [-0.2, -0.15) is 4.98 Å². The maximum absolute atomic E-state index is 14.7. The SMILES string of the molecule is COc1cc(Nc2ncc(F)c(Nc3ccc4c(n3)N(COP(=O)(O)OC)C(=O)C(C)(C)O4)n2)cc(OC)c1OC. The molecule has 0 spiro atoms. The van der Waals surface area contributed by atoms with E-state index in [4.69, 9.17) is 23.5 Å². The van der Waals surface area contributed by atoms with Crippen molar-refractivity contribution in [2.45, 2.75) is 19.4 Å². The Morgan fingerprint density at radius 3 is 2.37 bits per heavy atom. The van der Waals surface area contributed by atoms with Gasteiger partial charge in [0, 0.05) is 24.9 Å². The second kappa shape index (κ2) is 11.7. The number of aromatic nitrogens is 3. The lowest BCUT2D eigenvalue weighted by Crippen LogP contribution is -2.53. The van der Waals surface area contributed by atoms with E-state index in [1.807, 2.05) is 0 Å². The van der Waals surface area contributed by atoms with E-state index in [-0.39, 0.29) is 29.2 Å². The van der Waals surface area contributed by atoms with Crippen molar-refractivity contribution in [1.82, 2.24) is 15.0 Å². The van der Waals surface area contributed by atoms with E-state index >= 15 is 0 Å². The van der Waals surface area contributed by atoms with Crippen LogP contribution in [-0.4, -0.2) is 66.5 Å². The number of ether oxygens (including phenoxy) is 4. The fraction of sp³-hybridized carbons (Fsp3) is 0.333. The fourth-order valence-corrected chi connectivity index (χ4v) is 4.11. The standard InChI is InChI=1S/C24H28FN6O9P/c1-24(2)22(32)31(12-39-41(33,34)38-6)21-15(40-24)7-8-18(29-21)28-20-14(25)11-26-23(30-20)27-13-9-16(35-3)19(37-5)17(10-13)36-4/h7-11H,12H2,1-6H3,(H,33,34)(H2,26,27,28,29,30). The highest BCUT2D eigenvalue weighted by atomic mass is 31.2. The summed E-state index contributed by atoms with van der Waals surface area (Å²) in [5, 5.41) is 5.69. The fourth-order valence-electron chi connectivity index (χ4n) is 3.74. The predicted octanol–water partition coefficient (Wildman–Crippen LogP) is 3.75. The monoisotopic (exact) mass is 594 g/mol. The van der Waals surface area contributed by atoms with Crippen LogP contribution in [0.25, 0.3) is 0 Å². The number of carbonyl (C=O) groups is 1. The predicted molar refractivity (Wildman–Crippen MR) is 144 cm³/mol. The molecule has 1 unspecified atom stereocenters. The van der Waals surface area contributed by atoms with E-state index < -0.39 is 31.9 Å². The Morgan fingerprint density at radius 2 is 1.76 bits per heavy atom. The maximum atomic E-state index is 14.7. The summed E-state index contributed by atoms with van der Waals surface area (Å²) in [6, 6.07) is 6.21. The lowest BCUT2D eigenvalue weighted by atomic mass is 10.1. The molecule has 4 rings (SSSR count). The molecule has 2 aromatic heterocycles. The number of halogens is 1. The summed E-state index contributed by atoms with van der Waals surface area (Å²) in [5.74, 6) is -0.263. The van der Waals surface area contributed by atoms with Crippen LogP contribution in [0, 0.1) is 5.82 Å². The molecule has 1 aromatic carbocycles. The van der Waals surface area contributed by atoms with Gasteiger partial charge in [0.2, 0.25) is 11.7 Å². The van der Waals surface area contributed by atoms with Crippen molar-refractivity contribution in [3.8, 4) is 23.0 Å². The van der Waals surface area contributed by atoms with Crippen LogP contribution in [0.1, 0.15) is 13.8 Å². The van der Waals surface area contributed by atoms with Crippen LogP contribution >= 0.6 is 7.82 Å². The largest absolute Gasteiger partial charge is 0.493 e. The van der Waals surface area contributed by atoms with Crippen molar-refractivity contribution in [1.29, 1.82) is 0 Å². The third-order valence-electron chi connectivity index (χ3n) is 5.71. The molecule has 3 heterocycles. The Kier molecular flexibility index (Phi) is 8.49. The number of anilines is 5. The van der Waals surface area contributed by atoms with Crippen molar-refractivity contribution in [3.63, 3.8) is 0 Å². The normalized spacial score (nSPS) is 15.3. The molecule has 3 N–H and O–H groups in total. The average Bonchev–Trinajstić information content (AvgIpc) is 2.94. The maximum Gasteiger partial charge on any atom is 0.473 e. The molecule has 1 aliphatic heterocycles. The number of rotatable bonds is 11.